The molecule has 19 heavy (non-hydrogen) atoms. The van der Waals surface area contributed by atoms with Gasteiger partial charge >= 0.3 is 5.69 Å². The van der Waals surface area contributed by atoms with E-state index in [4.69, 9.17) is 0 Å². The molecule has 1 N–H and O–H groups in total. The van der Waals surface area contributed by atoms with Crippen molar-refractivity contribution in [2.75, 3.05) is 0 Å². The van der Waals surface area contributed by atoms with Crippen LogP contribution in [0.4, 0.5) is 0 Å². The molecule has 4 heteroatoms. The number of aryl methyl sites for hydroxylation is 1. The van der Waals surface area contributed by atoms with Gasteiger partial charge in [0.25, 0.3) is 0 Å². The smallest absolute Gasteiger partial charge is 0.288 e. The summed E-state index contributed by atoms with van der Waals surface area (Å²) in [5, 5.41) is 4.33. The quantitative estimate of drug-likeness (QED) is 0.761. The topological polar surface area (TPSA) is 50.7 Å². The first kappa shape index (κ1) is 11.5. The minimum atomic E-state index is -0.234. The van der Waals surface area contributed by atoms with Crippen LogP contribution in [0, 0.1) is 6.92 Å². The molecule has 1 heterocycles. The van der Waals surface area contributed by atoms with E-state index >= 15 is 0 Å². The summed E-state index contributed by atoms with van der Waals surface area (Å²) in [6.45, 7) is 2.01. The second-order valence-corrected chi connectivity index (χ2v) is 4.39. The van der Waals surface area contributed by atoms with Crippen LogP contribution >= 0.6 is 0 Å². The summed E-state index contributed by atoms with van der Waals surface area (Å²) in [6.07, 6.45) is 0. The van der Waals surface area contributed by atoms with Crippen LogP contribution in [0.5, 0.6) is 0 Å². The molecule has 0 amide bonds. The van der Waals surface area contributed by atoms with Crippen molar-refractivity contribution in [1.82, 2.24) is 14.8 Å². The summed E-state index contributed by atoms with van der Waals surface area (Å²) in [5.74, 6) is 0.575. The Balaban J connectivity index is 2.08. The summed E-state index contributed by atoms with van der Waals surface area (Å²) < 4.78 is 1.38. The minimum absolute atomic E-state index is 0.234. The molecule has 0 aliphatic heterocycles. The molecule has 0 saturated carbocycles. The highest BCUT2D eigenvalue weighted by atomic mass is 16.1. The molecule has 1 aromatic heterocycles. The Morgan fingerprint density at radius 2 is 1.68 bits per heavy atom. The molecule has 0 saturated heterocycles. The average Bonchev–Trinajstić information content (AvgIpc) is 2.83. The SMILES string of the molecule is Cc1ccc(-n2nc(-c3ccccc3)[nH]c2=O)cc1. The van der Waals surface area contributed by atoms with Gasteiger partial charge in [-0.2, -0.15) is 4.68 Å². The van der Waals surface area contributed by atoms with E-state index in [-0.39, 0.29) is 5.69 Å². The summed E-state index contributed by atoms with van der Waals surface area (Å²) in [4.78, 5) is 14.7. The van der Waals surface area contributed by atoms with Gasteiger partial charge in [0.2, 0.25) is 0 Å². The number of benzene rings is 2. The fraction of sp³-hybridized carbons (Fsp3) is 0.0667. The van der Waals surface area contributed by atoms with Crippen molar-refractivity contribution in [2.24, 2.45) is 0 Å². The fourth-order valence-corrected chi connectivity index (χ4v) is 1.91. The number of aromatic amines is 1. The largest absolute Gasteiger partial charge is 0.348 e. The minimum Gasteiger partial charge on any atom is -0.288 e. The van der Waals surface area contributed by atoms with E-state index in [1.54, 1.807) is 0 Å². The van der Waals surface area contributed by atoms with E-state index in [1.807, 2.05) is 61.5 Å². The highest BCUT2D eigenvalue weighted by Crippen LogP contribution is 2.13. The lowest BCUT2D eigenvalue weighted by Gasteiger charge is -1.99. The lowest BCUT2D eigenvalue weighted by molar-refractivity contribution is 0.844. The normalized spacial score (nSPS) is 10.6. The predicted octanol–water partition coefficient (Wildman–Crippen LogP) is 2.54. The van der Waals surface area contributed by atoms with Crippen molar-refractivity contribution in [3.63, 3.8) is 0 Å². The maximum absolute atomic E-state index is 11.9. The maximum Gasteiger partial charge on any atom is 0.348 e. The molecule has 0 aliphatic rings. The van der Waals surface area contributed by atoms with Crippen LogP contribution in [0.2, 0.25) is 0 Å². The third kappa shape index (κ3) is 2.20. The Kier molecular flexibility index (Phi) is 2.76. The molecule has 0 fully saturated rings. The van der Waals surface area contributed by atoms with E-state index < -0.39 is 0 Å². The summed E-state index contributed by atoms with van der Waals surface area (Å²) in [5.41, 5.74) is 2.57. The standard InChI is InChI=1S/C15H13N3O/c1-11-7-9-13(10-8-11)18-15(19)16-14(17-18)12-5-3-2-4-6-12/h2-10H,1H3,(H,16,17,19). The van der Waals surface area contributed by atoms with E-state index in [0.29, 0.717) is 5.82 Å². The van der Waals surface area contributed by atoms with Crippen molar-refractivity contribution in [3.05, 3.63) is 70.6 Å². The number of rotatable bonds is 2. The van der Waals surface area contributed by atoms with E-state index in [1.165, 1.54) is 4.68 Å². The van der Waals surface area contributed by atoms with Crippen LogP contribution in [0.25, 0.3) is 17.1 Å². The number of hydrogen-bond acceptors (Lipinski definition) is 2. The zero-order valence-corrected chi connectivity index (χ0v) is 10.5. The third-order valence-corrected chi connectivity index (χ3v) is 2.94. The lowest BCUT2D eigenvalue weighted by atomic mass is 10.2. The first-order valence-electron chi connectivity index (χ1n) is 6.06. The second-order valence-electron chi connectivity index (χ2n) is 4.39. The Labute approximate surface area is 110 Å². The summed E-state index contributed by atoms with van der Waals surface area (Å²) >= 11 is 0. The molecule has 0 spiro atoms. The van der Waals surface area contributed by atoms with Crippen LogP contribution in [0.3, 0.4) is 0 Å². The van der Waals surface area contributed by atoms with Gasteiger partial charge in [0.05, 0.1) is 5.69 Å². The number of H-pyrrole nitrogens is 1. The number of aromatic nitrogens is 3. The average molecular weight is 251 g/mol. The second kappa shape index (κ2) is 4.57. The number of nitrogens with zero attached hydrogens (tertiary/aromatic N) is 2. The van der Waals surface area contributed by atoms with Gasteiger partial charge in [-0.15, -0.1) is 5.10 Å². The van der Waals surface area contributed by atoms with E-state index in [2.05, 4.69) is 10.1 Å². The van der Waals surface area contributed by atoms with Gasteiger partial charge in [-0.25, -0.2) is 4.79 Å². The fourth-order valence-electron chi connectivity index (χ4n) is 1.91. The van der Waals surface area contributed by atoms with Crippen LogP contribution in [0.1, 0.15) is 5.56 Å². The van der Waals surface area contributed by atoms with Gasteiger partial charge < -0.3 is 0 Å². The molecule has 3 aromatic rings. The van der Waals surface area contributed by atoms with Gasteiger partial charge in [-0.1, -0.05) is 48.0 Å². The van der Waals surface area contributed by atoms with Crippen molar-refractivity contribution < 1.29 is 0 Å². The highest BCUT2D eigenvalue weighted by Gasteiger charge is 2.08. The maximum atomic E-state index is 11.9. The van der Waals surface area contributed by atoms with Gasteiger partial charge in [0.1, 0.15) is 0 Å². The monoisotopic (exact) mass is 251 g/mol. The first-order chi connectivity index (χ1) is 9.24. The summed E-state index contributed by atoms with van der Waals surface area (Å²) in [7, 11) is 0. The van der Waals surface area contributed by atoms with E-state index in [9.17, 15) is 4.79 Å². The van der Waals surface area contributed by atoms with Crippen LogP contribution in [-0.2, 0) is 0 Å². The molecular weight excluding hydrogens is 238 g/mol. The Morgan fingerprint density at radius 3 is 2.37 bits per heavy atom. The molecule has 2 aromatic carbocycles. The highest BCUT2D eigenvalue weighted by molar-refractivity contribution is 5.54. The molecule has 0 unspecified atom stereocenters. The molecule has 4 nitrogen and oxygen atoms in total. The molecule has 94 valence electrons. The van der Waals surface area contributed by atoms with Gasteiger partial charge in [0.15, 0.2) is 5.82 Å². The summed E-state index contributed by atoms with van der Waals surface area (Å²) in [6, 6.07) is 17.3. The number of hydrogen-bond donors (Lipinski definition) is 1. The Morgan fingerprint density at radius 1 is 1.00 bits per heavy atom. The molecule has 0 aliphatic carbocycles. The first-order valence-corrected chi connectivity index (χ1v) is 6.06. The van der Waals surface area contributed by atoms with Crippen molar-refractivity contribution in [2.45, 2.75) is 6.92 Å². The molecule has 3 rings (SSSR count). The van der Waals surface area contributed by atoms with Crippen molar-refractivity contribution >= 4 is 0 Å². The Hall–Kier alpha value is -2.62. The Bertz CT molecular complexity index is 739. The number of nitrogens with one attached hydrogen (secondary N) is 1. The molecule has 0 atom stereocenters. The van der Waals surface area contributed by atoms with Crippen LogP contribution in [0.15, 0.2) is 59.4 Å². The van der Waals surface area contributed by atoms with Gasteiger partial charge in [-0.3, -0.25) is 4.98 Å². The lowest BCUT2D eigenvalue weighted by Crippen LogP contribution is -2.15. The molecule has 0 radical (unpaired) electrons. The van der Waals surface area contributed by atoms with Crippen molar-refractivity contribution in [1.29, 1.82) is 0 Å². The molecular formula is C15H13N3O. The predicted molar refractivity (Wildman–Crippen MR) is 74.4 cm³/mol. The van der Waals surface area contributed by atoms with Crippen LogP contribution in [-0.4, -0.2) is 14.8 Å². The zero-order chi connectivity index (χ0) is 13.2. The van der Waals surface area contributed by atoms with E-state index in [0.717, 1.165) is 16.8 Å². The van der Waals surface area contributed by atoms with Crippen molar-refractivity contribution in [3.8, 4) is 17.1 Å². The van der Waals surface area contributed by atoms with Gasteiger partial charge in [-0.05, 0) is 19.1 Å². The van der Waals surface area contributed by atoms with Gasteiger partial charge in [0, 0.05) is 5.56 Å². The van der Waals surface area contributed by atoms with Crippen LogP contribution < -0.4 is 5.69 Å². The molecule has 0 bridgehead atoms. The zero-order valence-electron chi connectivity index (χ0n) is 10.5. The third-order valence-electron chi connectivity index (χ3n) is 2.94.